The molecule has 1 aromatic heterocycles. The van der Waals surface area contributed by atoms with Crippen LogP contribution in [0, 0.1) is 12.8 Å². The van der Waals surface area contributed by atoms with Crippen molar-refractivity contribution in [2.24, 2.45) is 5.92 Å². The average molecular weight is 295 g/mol. The number of amides is 2. The number of hydrogen-bond donors (Lipinski definition) is 1. The molecule has 1 N–H and O–H groups in total. The number of carbonyl (C=O) groups excluding carboxylic acids is 2. The van der Waals surface area contributed by atoms with Crippen molar-refractivity contribution in [2.75, 3.05) is 6.54 Å². The van der Waals surface area contributed by atoms with Gasteiger partial charge in [-0.2, -0.15) is 0 Å². The van der Waals surface area contributed by atoms with Gasteiger partial charge in [-0.15, -0.1) is 11.3 Å². The summed E-state index contributed by atoms with van der Waals surface area (Å²) in [6.07, 6.45) is 2.86. The average Bonchev–Trinajstić information content (AvgIpc) is 2.72. The zero-order chi connectivity index (χ0) is 14.7. The number of nitrogens with one attached hydrogen (secondary N) is 1. The molecule has 20 heavy (non-hydrogen) atoms. The topological polar surface area (TPSA) is 62.3 Å². The Morgan fingerprint density at radius 3 is 2.85 bits per heavy atom. The van der Waals surface area contributed by atoms with Gasteiger partial charge in [-0.25, -0.2) is 4.98 Å². The fourth-order valence-electron chi connectivity index (χ4n) is 2.32. The monoisotopic (exact) mass is 295 g/mol. The molecule has 2 amide bonds. The first-order valence-electron chi connectivity index (χ1n) is 6.95. The van der Waals surface area contributed by atoms with E-state index >= 15 is 0 Å². The predicted octanol–water partition coefficient (Wildman–Crippen LogP) is 1.71. The van der Waals surface area contributed by atoms with E-state index in [0.717, 1.165) is 9.88 Å². The molecule has 0 radical (unpaired) electrons. The largest absolute Gasteiger partial charge is 0.344 e. The molecular weight excluding hydrogens is 274 g/mol. The summed E-state index contributed by atoms with van der Waals surface area (Å²) in [6, 6.07) is -0.397. The van der Waals surface area contributed by atoms with Crippen LogP contribution in [0.25, 0.3) is 0 Å². The highest BCUT2D eigenvalue weighted by Crippen LogP contribution is 2.17. The minimum absolute atomic E-state index is 0.0115. The summed E-state index contributed by atoms with van der Waals surface area (Å²) in [7, 11) is 0. The Labute approximate surface area is 123 Å². The van der Waals surface area contributed by atoms with Gasteiger partial charge in [-0.1, -0.05) is 13.8 Å². The number of rotatable bonds is 4. The Balaban J connectivity index is 2.10. The van der Waals surface area contributed by atoms with Crippen molar-refractivity contribution in [3.05, 3.63) is 16.1 Å². The van der Waals surface area contributed by atoms with Crippen LogP contribution in [0.5, 0.6) is 0 Å². The maximum atomic E-state index is 12.5. The van der Waals surface area contributed by atoms with E-state index in [1.54, 1.807) is 16.2 Å². The lowest BCUT2D eigenvalue weighted by Gasteiger charge is -2.24. The molecule has 6 heteroatoms. The number of hydrogen-bond acceptors (Lipinski definition) is 4. The summed E-state index contributed by atoms with van der Waals surface area (Å²) in [5.74, 6) is 0.338. The third kappa shape index (κ3) is 3.79. The molecule has 1 aliphatic rings. The van der Waals surface area contributed by atoms with Gasteiger partial charge in [0.2, 0.25) is 11.8 Å². The van der Waals surface area contributed by atoms with Crippen molar-refractivity contribution < 1.29 is 9.59 Å². The number of thiazole rings is 1. The summed E-state index contributed by atoms with van der Waals surface area (Å²) in [4.78, 5) is 31.4. The fraction of sp³-hybridized carbons (Fsp3) is 0.643. The van der Waals surface area contributed by atoms with E-state index in [4.69, 9.17) is 0 Å². The fourth-order valence-corrected chi connectivity index (χ4v) is 3.12. The standard InChI is InChI=1S/C14H21N3O2S/c1-9(2)6-11-14(19)17(5-4-12(18)16-11)8-13-15-7-10(3)20-13/h7,9,11H,4-6,8H2,1-3H3,(H,16,18). The van der Waals surface area contributed by atoms with E-state index in [9.17, 15) is 9.59 Å². The lowest BCUT2D eigenvalue weighted by molar-refractivity contribution is -0.134. The molecule has 2 heterocycles. The van der Waals surface area contributed by atoms with Crippen LogP contribution in [-0.4, -0.2) is 34.3 Å². The van der Waals surface area contributed by atoms with E-state index < -0.39 is 6.04 Å². The van der Waals surface area contributed by atoms with Crippen LogP contribution in [-0.2, 0) is 16.1 Å². The van der Waals surface area contributed by atoms with Crippen molar-refractivity contribution in [2.45, 2.75) is 46.2 Å². The number of aromatic nitrogens is 1. The van der Waals surface area contributed by atoms with Crippen LogP contribution in [0.2, 0.25) is 0 Å². The maximum Gasteiger partial charge on any atom is 0.245 e. The summed E-state index contributed by atoms with van der Waals surface area (Å²) in [5.41, 5.74) is 0. The van der Waals surface area contributed by atoms with Gasteiger partial charge < -0.3 is 10.2 Å². The highest BCUT2D eigenvalue weighted by atomic mass is 32.1. The van der Waals surface area contributed by atoms with Crippen molar-refractivity contribution >= 4 is 23.2 Å². The predicted molar refractivity (Wildman–Crippen MR) is 78.3 cm³/mol. The molecule has 1 saturated heterocycles. The van der Waals surface area contributed by atoms with Crippen LogP contribution >= 0.6 is 11.3 Å². The smallest absolute Gasteiger partial charge is 0.245 e. The van der Waals surface area contributed by atoms with Crippen LogP contribution in [0.1, 0.15) is 36.6 Å². The molecular formula is C14H21N3O2S. The van der Waals surface area contributed by atoms with Crippen LogP contribution in [0.15, 0.2) is 6.20 Å². The summed E-state index contributed by atoms with van der Waals surface area (Å²) >= 11 is 1.60. The van der Waals surface area contributed by atoms with E-state index in [0.29, 0.717) is 31.8 Å². The van der Waals surface area contributed by atoms with Crippen molar-refractivity contribution in [3.63, 3.8) is 0 Å². The second kappa shape index (κ2) is 6.35. The van der Waals surface area contributed by atoms with Crippen LogP contribution in [0.3, 0.4) is 0 Å². The Morgan fingerprint density at radius 2 is 2.25 bits per heavy atom. The minimum atomic E-state index is -0.397. The van der Waals surface area contributed by atoms with Gasteiger partial charge in [-0.3, -0.25) is 9.59 Å². The first-order chi connectivity index (χ1) is 9.45. The Kier molecular flexibility index (Phi) is 4.75. The Morgan fingerprint density at radius 1 is 1.50 bits per heavy atom. The van der Waals surface area contributed by atoms with E-state index in [2.05, 4.69) is 24.1 Å². The quantitative estimate of drug-likeness (QED) is 0.920. The molecule has 1 unspecified atom stereocenters. The van der Waals surface area contributed by atoms with Gasteiger partial charge in [0, 0.05) is 24.0 Å². The highest BCUT2D eigenvalue weighted by molar-refractivity contribution is 7.11. The molecule has 1 atom stereocenters. The summed E-state index contributed by atoms with van der Waals surface area (Å²) in [5, 5.41) is 3.76. The van der Waals surface area contributed by atoms with Crippen molar-refractivity contribution in [1.82, 2.24) is 15.2 Å². The summed E-state index contributed by atoms with van der Waals surface area (Å²) in [6.45, 7) is 7.08. The molecule has 0 saturated carbocycles. The maximum absolute atomic E-state index is 12.5. The molecule has 0 bridgehead atoms. The van der Waals surface area contributed by atoms with Gasteiger partial charge in [-0.05, 0) is 19.3 Å². The molecule has 1 fully saturated rings. The SMILES string of the molecule is Cc1cnc(CN2CCC(=O)NC(CC(C)C)C2=O)s1. The first-order valence-corrected chi connectivity index (χ1v) is 7.77. The second-order valence-electron chi connectivity index (χ2n) is 5.62. The molecule has 2 rings (SSSR count). The zero-order valence-electron chi connectivity index (χ0n) is 12.2. The molecule has 5 nitrogen and oxygen atoms in total. The number of aryl methyl sites for hydroxylation is 1. The van der Waals surface area contributed by atoms with Crippen molar-refractivity contribution in [3.8, 4) is 0 Å². The molecule has 0 aromatic carbocycles. The lowest BCUT2D eigenvalue weighted by atomic mass is 10.0. The third-order valence-electron chi connectivity index (χ3n) is 3.26. The summed E-state index contributed by atoms with van der Waals surface area (Å²) < 4.78 is 0. The second-order valence-corrected chi connectivity index (χ2v) is 6.94. The molecule has 0 spiro atoms. The third-order valence-corrected chi connectivity index (χ3v) is 4.15. The Hall–Kier alpha value is -1.43. The number of carbonyl (C=O) groups is 2. The molecule has 0 aliphatic carbocycles. The van der Waals surface area contributed by atoms with Gasteiger partial charge in [0.05, 0.1) is 6.54 Å². The minimum Gasteiger partial charge on any atom is -0.344 e. The van der Waals surface area contributed by atoms with E-state index in [1.165, 1.54) is 0 Å². The molecule has 1 aromatic rings. The zero-order valence-corrected chi connectivity index (χ0v) is 13.0. The Bertz CT molecular complexity index is 498. The van der Waals surface area contributed by atoms with Gasteiger partial charge >= 0.3 is 0 Å². The van der Waals surface area contributed by atoms with Gasteiger partial charge in [0.25, 0.3) is 0 Å². The lowest BCUT2D eigenvalue weighted by Crippen LogP contribution is -2.45. The highest BCUT2D eigenvalue weighted by Gasteiger charge is 2.30. The van der Waals surface area contributed by atoms with Crippen LogP contribution < -0.4 is 5.32 Å². The molecule has 110 valence electrons. The normalized spacial score (nSPS) is 20.2. The van der Waals surface area contributed by atoms with E-state index in [-0.39, 0.29) is 11.8 Å². The van der Waals surface area contributed by atoms with Gasteiger partial charge in [0.1, 0.15) is 11.0 Å². The van der Waals surface area contributed by atoms with Crippen LogP contribution in [0.4, 0.5) is 0 Å². The van der Waals surface area contributed by atoms with E-state index in [1.807, 2.05) is 13.1 Å². The first kappa shape index (κ1) is 15.0. The van der Waals surface area contributed by atoms with Crippen molar-refractivity contribution in [1.29, 1.82) is 0 Å². The van der Waals surface area contributed by atoms with Gasteiger partial charge in [0.15, 0.2) is 0 Å². The number of nitrogens with zero attached hydrogens (tertiary/aromatic N) is 2. The molecule has 1 aliphatic heterocycles.